The minimum atomic E-state index is -4.53. The van der Waals surface area contributed by atoms with Crippen LogP contribution in [-0.4, -0.2) is 88.4 Å². The van der Waals surface area contributed by atoms with E-state index in [-0.39, 0.29) is 60.6 Å². The summed E-state index contributed by atoms with van der Waals surface area (Å²) in [6.45, 7) is 7.01. The molecule has 1 atom stereocenters. The van der Waals surface area contributed by atoms with Crippen molar-refractivity contribution in [3.05, 3.63) is 107 Å². The standard InChI is InChI=1S/C51H52N4O12S2/c1-4-52-50(60)51(44(56)17-9-7-8-10-18-47(59)67-55-45(57)27-28-46(55)58)30-32(19-21-38-34-13-11-15-36-42(68(61,62)63)25-23-40(48(34)36)53(38)5-2)29-33(31-51)20-22-39-35-14-12-16-37-43(69(64,65)66)26-24-41(49(35)37)54(39)6-3/h11-16,19-26,29H,4-10,17-18,27-28,30-31H2,1-3H3,(H2-,52,60,61,62,63,64,65,66)/p+1. The first-order valence-electron chi connectivity index (χ1n) is 23.1. The molecular formula is C51H53N4O12S2+. The second kappa shape index (κ2) is 19.4. The van der Waals surface area contributed by atoms with Crippen molar-refractivity contribution in [1.29, 1.82) is 0 Å². The third kappa shape index (κ3) is 9.33. The number of unbranched alkanes of at least 4 members (excludes halogenated alkanes) is 3. The fourth-order valence-electron chi connectivity index (χ4n) is 10.1. The monoisotopic (exact) mass is 977 g/mol. The number of benzene rings is 4. The second-order valence-electron chi connectivity index (χ2n) is 17.5. The largest absolute Gasteiger partial charge is 0.355 e. The lowest BCUT2D eigenvalue weighted by atomic mass is 9.67. The highest BCUT2D eigenvalue weighted by Gasteiger charge is 2.47. The van der Waals surface area contributed by atoms with E-state index in [0.717, 1.165) is 33.2 Å². The lowest BCUT2D eigenvalue weighted by Gasteiger charge is -2.35. The predicted octanol–water partition coefficient (Wildman–Crippen LogP) is 6.97. The maximum Gasteiger partial charge on any atom is 0.333 e. The Hall–Kier alpha value is -6.60. The quantitative estimate of drug-likeness (QED) is 0.0266. The molecular weight excluding hydrogens is 925 g/mol. The Labute approximate surface area is 399 Å². The molecule has 0 saturated carbocycles. The van der Waals surface area contributed by atoms with Crippen LogP contribution in [0.3, 0.4) is 0 Å². The molecule has 0 spiro atoms. The number of aryl methyl sites for hydroxylation is 1. The molecule has 360 valence electrons. The number of nitrogens with one attached hydrogen (secondary N) is 1. The number of rotatable bonds is 18. The van der Waals surface area contributed by atoms with Crippen LogP contribution in [0.2, 0.25) is 0 Å². The first-order chi connectivity index (χ1) is 32.9. The Kier molecular flexibility index (Phi) is 13.7. The van der Waals surface area contributed by atoms with Gasteiger partial charge in [0, 0.05) is 83.3 Å². The molecule has 69 heavy (non-hydrogen) atoms. The number of amides is 3. The number of Topliss-reactive ketones (excluding diaryl/α,β-unsaturated/α-hetero) is 1. The fraction of sp³-hybridized carbons (Fsp3) is 0.333. The van der Waals surface area contributed by atoms with E-state index >= 15 is 0 Å². The summed E-state index contributed by atoms with van der Waals surface area (Å²) < 4.78 is 73.9. The first-order valence-corrected chi connectivity index (χ1v) is 26.0. The number of ketones is 1. The zero-order valence-corrected chi connectivity index (χ0v) is 40.1. The minimum Gasteiger partial charge on any atom is -0.355 e. The summed E-state index contributed by atoms with van der Waals surface area (Å²) in [6, 6.07) is 16.6. The number of allylic oxidation sites excluding steroid dienone is 6. The van der Waals surface area contributed by atoms with Gasteiger partial charge in [-0.15, -0.1) is 5.06 Å². The Morgan fingerprint density at radius 2 is 1.41 bits per heavy atom. The highest BCUT2D eigenvalue weighted by Crippen LogP contribution is 2.43. The molecule has 3 amide bonds. The topological polar surface area (TPSA) is 227 Å². The fourth-order valence-corrected chi connectivity index (χ4v) is 11.5. The van der Waals surface area contributed by atoms with Crippen molar-refractivity contribution in [2.24, 2.45) is 5.41 Å². The minimum absolute atomic E-state index is 0.00242. The summed E-state index contributed by atoms with van der Waals surface area (Å²) in [5.41, 5.74) is 2.83. The van der Waals surface area contributed by atoms with Gasteiger partial charge >= 0.3 is 5.97 Å². The van der Waals surface area contributed by atoms with Crippen LogP contribution in [0, 0.1) is 5.41 Å². The Morgan fingerprint density at radius 3 is 2.06 bits per heavy atom. The van der Waals surface area contributed by atoms with Crippen molar-refractivity contribution >= 4 is 99.6 Å². The maximum absolute atomic E-state index is 14.8. The molecule has 1 aliphatic carbocycles. The summed E-state index contributed by atoms with van der Waals surface area (Å²) in [4.78, 5) is 69.9. The van der Waals surface area contributed by atoms with Gasteiger partial charge in [0.05, 0.1) is 10.9 Å². The van der Waals surface area contributed by atoms with Gasteiger partial charge in [-0.1, -0.05) is 61.4 Å². The Morgan fingerprint density at radius 1 is 0.768 bits per heavy atom. The number of aromatic nitrogens is 1. The van der Waals surface area contributed by atoms with Gasteiger partial charge in [-0.2, -0.15) is 21.4 Å². The van der Waals surface area contributed by atoms with E-state index < -0.39 is 49.3 Å². The number of hydroxylamine groups is 2. The molecule has 8 rings (SSSR count). The Balaban J connectivity index is 1.16. The number of carbonyl (C=O) groups is 5. The van der Waals surface area contributed by atoms with Crippen LogP contribution >= 0.6 is 0 Å². The third-order valence-electron chi connectivity index (χ3n) is 13.2. The zero-order chi connectivity index (χ0) is 49.4. The van der Waals surface area contributed by atoms with Crippen LogP contribution in [0.15, 0.2) is 106 Å². The van der Waals surface area contributed by atoms with Crippen molar-refractivity contribution in [3.63, 3.8) is 0 Å². The van der Waals surface area contributed by atoms with Crippen LogP contribution in [0.1, 0.15) is 90.5 Å². The molecule has 0 radical (unpaired) electrons. The number of nitrogens with zero attached hydrogens (tertiary/aromatic N) is 3. The number of imide groups is 1. The number of hydrogen-bond acceptors (Lipinski definition) is 10. The second-order valence-corrected chi connectivity index (χ2v) is 20.2. The predicted molar refractivity (Wildman–Crippen MR) is 258 cm³/mol. The molecule has 3 N–H and O–H groups in total. The van der Waals surface area contributed by atoms with Crippen molar-refractivity contribution in [2.45, 2.75) is 101 Å². The SMILES string of the molecule is CCNC(=O)C1(C(=O)CCCCCCC(=O)ON2C(=O)CCC2=O)CC(=CC=c2c3cccc4c(S(=O)(=O)O)ccc(c43)n2CC)C=C(C=CC2=[N+](CC)c3ccc(S(=O)(=O)O)c4cccc2c34)C1. The molecule has 3 heterocycles. The molecule has 18 heteroatoms. The van der Waals surface area contributed by atoms with Crippen molar-refractivity contribution in [3.8, 4) is 0 Å². The van der Waals surface area contributed by atoms with Gasteiger partial charge in [0.2, 0.25) is 17.3 Å². The van der Waals surface area contributed by atoms with Crippen LogP contribution in [0.4, 0.5) is 5.69 Å². The van der Waals surface area contributed by atoms with E-state index in [1.54, 1.807) is 43.3 Å². The van der Waals surface area contributed by atoms with E-state index in [9.17, 15) is 49.9 Å². The highest BCUT2D eigenvalue weighted by molar-refractivity contribution is 7.86. The molecule has 16 nitrogen and oxygen atoms in total. The van der Waals surface area contributed by atoms with E-state index in [1.807, 2.05) is 65.5 Å². The maximum atomic E-state index is 14.8. The van der Waals surface area contributed by atoms with Crippen molar-refractivity contribution < 1.29 is 59.3 Å². The van der Waals surface area contributed by atoms with Gasteiger partial charge in [-0.05, 0) is 87.9 Å². The van der Waals surface area contributed by atoms with Crippen molar-refractivity contribution in [1.82, 2.24) is 14.9 Å². The highest BCUT2D eigenvalue weighted by atomic mass is 32.2. The molecule has 3 aliphatic rings. The molecule has 1 saturated heterocycles. The van der Waals surface area contributed by atoms with E-state index in [2.05, 4.69) is 5.32 Å². The first kappa shape index (κ1) is 48.8. The molecule has 5 aromatic rings. The van der Waals surface area contributed by atoms with Crippen LogP contribution in [0.5, 0.6) is 0 Å². The van der Waals surface area contributed by atoms with E-state index in [0.29, 0.717) is 76.5 Å². The summed E-state index contributed by atoms with van der Waals surface area (Å²) in [7, 11) is -9.07. The average molecular weight is 978 g/mol. The summed E-state index contributed by atoms with van der Waals surface area (Å²) >= 11 is 0. The smallest absolute Gasteiger partial charge is 0.333 e. The van der Waals surface area contributed by atoms with E-state index in [1.165, 1.54) is 12.1 Å². The van der Waals surface area contributed by atoms with E-state index in [4.69, 9.17) is 4.84 Å². The number of carbonyl (C=O) groups excluding carboxylic acids is 5. The Bertz CT molecular complexity index is 3400. The number of hydrogen-bond donors (Lipinski definition) is 3. The lowest BCUT2D eigenvalue weighted by Crippen LogP contribution is -2.48. The summed E-state index contributed by atoms with van der Waals surface area (Å²) in [5.74, 6) is -2.49. The van der Waals surface area contributed by atoms with Crippen molar-refractivity contribution in [2.75, 3.05) is 13.1 Å². The van der Waals surface area contributed by atoms with Gasteiger partial charge in [0.15, 0.2) is 0 Å². The van der Waals surface area contributed by atoms with Crippen LogP contribution < -0.4 is 10.7 Å². The van der Waals surface area contributed by atoms with Gasteiger partial charge in [-0.3, -0.25) is 28.3 Å². The zero-order valence-electron chi connectivity index (χ0n) is 38.5. The van der Waals surface area contributed by atoms with Gasteiger partial charge in [-0.25, -0.2) is 4.79 Å². The third-order valence-corrected chi connectivity index (χ3v) is 15.0. The summed E-state index contributed by atoms with van der Waals surface area (Å²) in [6.07, 6.45) is 11.6. The lowest BCUT2D eigenvalue weighted by molar-refractivity contribution is -0.430. The normalized spacial score (nSPS) is 18.5. The van der Waals surface area contributed by atoms with Gasteiger partial charge < -0.3 is 14.7 Å². The van der Waals surface area contributed by atoms with Crippen LogP contribution in [-0.2, 0) is 55.6 Å². The van der Waals surface area contributed by atoms with Gasteiger partial charge in [0.25, 0.3) is 32.1 Å². The molecule has 2 aliphatic heterocycles. The molecule has 1 fully saturated rings. The summed E-state index contributed by atoms with van der Waals surface area (Å²) in [5, 5.41) is 7.02. The molecule has 1 unspecified atom stereocenters. The molecule has 4 aromatic carbocycles. The molecule has 0 bridgehead atoms. The van der Waals surface area contributed by atoms with Crippen LogP contribution in [0.25, 0.3) is 38.5 Å². The molecule has 1 aromatic heterocycles. The average Bonchev–Trinajstić information content (AvgIpc) is 3.93. The van der Waals surface area contributed by atoms with Gasteiger partial charge in [0.1, 0.15) is 27.5 Å².